The normalized spacial score (nSPS) is 9.83. The molecule has 0 atom stereocenters. The predicted octanol–water partition coefficient (Wildman–Crippen LogP) is 2.63. The van der Waals surface area contributed by atoms with Gasteiger partial charge in [-0.15, -0.1) is 0 Å². The van der Waals surface area contributed by atoms with E-state index in [-0.39, 0.29) is 23.9 Å². The van der Waals surface area contributed by atoms with Crippen LogP contribution in [-0.4, -0.2) is 30.7 Å². The van der Waals surface area contributed by atoms with Crippen molar-refractivity contribution in [1.29, 1.82) is 0 Å². The van der Waals surface area contributed by atoms with Crippen LogP contribution in [0.1, 0.15) is 32.6 Å². The van der Waals surface area contributed by atoms with E-state index in [1.165, 1.54) is 7.11 Å². The van der Waals surface area contributed by atoms with Gasteiger partial charge in [-0.3, -0.25) is 9.59 Å². The third-order valence-electron chi connectivity index (χ3n) is 2.93. The molecule has 0 aliphatic rings. The fourth-order valence-corrected chi connectivity index (χ4v) is 1.91. The molecule has 0 aliphatic carbocycles. The van der Waals surface area contributed by atoms with Crippen molar-refractivity contribution in [2.45, 2.75) is 32.6 Å². The molecule has 126 valence electrons. The van der Waals surface area contributed by atoms with E-state index in [1.807, 2.05) is 24.3 Å². The lowest BCUT2D eigenvalue weighted by molar-refractivity contribution is -0.142. The molecule has 0 fully saturated rings. The molecule has 0 aliphatic heterocycles. The Morgan fingerprint density at radius 2 is 1.96 bits per heavy atom. The molecule has 0 unspecified atom stereocenters. The van der Waals surface area contributed by atoms with E-state index in [9.17, 15) is 9.59 Å². The molecule has 0 radical (unpaired) electrons. The number of anilines is 1. The highest BCUT2D eigenvalue weighted by atomic mass is 32.1. The van der Waals surface area contributed by atoms with Gasteiger partial charge in [0.2, 0.25) is 5.91 Å². The Morgan fingerprint density at radius 1 is 1.22 bits per heavy atom. The molecule has 23 heavy (non-hydrogen) atoms. The minimum Gasteiger partial charge on any atom is -0.491 e. The summed E-state index contributed by atoms with van der Waals surface area (Å²) < 4.78 is 10.2. The number of thiocarbonyl (C=S) groups is 1. The molecule has 6 nitrogen and oxygen atoms in total. The summed E-state index contributed by atoms with van der Waals surface area (Å²) in [6.07, 6.45) is 2.04. The molecule has 7 heteroatoms. The summed E-state index contributed by atoms with van der Waals surface area (Å²) in [6, 6.07) is 7.36. The molecule has 1 aromatic rings. The molecule has 0 spiro atoms. The molecule has 1 rings (SSSR count). The van der Waals surface area contributed by atoms with E-state index >= 15 is 0 Å². The van der Waals surface area contributed by atoms with Crippen molar-refractivity contribution in [3.05, 3.63) is 24.3 Å². The Hall–Kier alpha value is -2.15. The first kappa shape index (κ1) is 18.9. The summed E-state index contributed by atoms with van der Waals surface area (Å²) in [4.78, 5) is 22.7. The third-order valence-corrected chi connectivity index (χ3v) is 3.13. The van der Waals surface area contributed by atoms with Crippen LogP contribution in [-0.2, 0) is 14.3 Å². The lowest BCUT2D eigenvalue weighted by atomic mass is 10.3. The fraction of sp³-hybridized carbons (Fsp3) is 0.438. The highest BCUT2D eigenvalue weighted by Gasteiger charge is 2.10. The van der Waals surface area contributed by atoms with Gasteiger partial charge in [0, 0.05) is 6.42 Å². The lowest BCUT2D eigenvalue weighted by Crippen LogP contribution is -2.34. The molecule has 1 aromatic carbocycles. The summed E-state index contributed by atoms with van der Waals surface area (Å²) in [5.41, 5.74) is 0.682. The van der Waals surface area contributed by atoms with Gasteiger partial charge in [0.15, 0.2) is 5.11 Å². The first-order valence-corrected chi connectivity index (χ1v) is 7.87. The van der Waals surface area contributed by atoms with Crippen molar-refractivity contribution in [2.24, 2.45) is 0 Å². The van der Waals surface area contributed by atoms with Crippen LogP contribution in [0, 0.1) is 0 Å². The standard InChI is InChI=1S/C16H22N2O4S/c1-3-4-11-22-13-8-6-5-7-12(13)17-16(23)18-14(19)9-10-15(20)21-2/h5-8H,3-4,9-11H2,1-2H3,(H2,17,18,19,23). The van der Waals surface area contributed by atoms with Gasteiger partial charge in [-0.1, -0.05) is 25.5 Å². The molecule has 0 heterocycles. The zero-order chi connectivity index (χ0) is 17.1. The van der Waals surface area contributed by atoms with Crippen molar-refractivity contribution in [2.75, 3.05) is 19.0 Å². The largest absolute Gasteiger partial charge is 0.491 e. The number of amides is 1. The van der Waals surface area contributed by atoms with Gasteiger partial charge in [0.25, 0.3) is 0 Å². The first-order valence-electron chi connectivity index (χ1n) is 7.46. The molecular formula is C16H22N2O4S. The number of nitrogens with one attached hydrogen (secondary N) is 2. The number of unbranched alkanes of at least 4 members (excludes halogenated alkanes) is 1. The van der Waals surface area contributed by atoms with Crippen LogP contribution < -0.4 is 15.4 Å². The number of benzene rings is 1. The van der Waals surface area contributed by atoms with Crippen LogP contribution in [0.2, 0.25) is 0 Å². The Bertz CT molecular complexity index is 549. The van der Waals surface area contributed by atoms with Crippen molar-refractivity contribution in [3.8, 4) is 5.75 Å². The van der Waals surface area contributed by atoms with Crippen molar-refractivity contribution in [1.82, 2.24) is 5.32 Å². The number of hydrogen-bond donors (Lipinski definition) is 2. The van der Waals surface area contributed by atoms with Crippen LogP contribution >= 0.6 is 12.2 Å². The van der Waals surface area contributed by atoms with Gasteiger partial charge < -0.3 is 20.1 Å². The quantitative estimate of drug-likeness (QED) is 0.431. The van der Waals surface area contributed by atoms with E-state index < -0.39 is 5.97 Å². The molecular weight excluding hydrogens is 316 g/mol. The number of para-hydroxylation sites is 2. The third kappa shape index (κ3) is 7.60. The van der Waals surface area contributed by atoms with Crippen LogP contribution in [0.3, 0.4) is 0 Å². The number of hydrogen-bond acceptors (Lipinski definition) is 5. The number of ether oxygens (including phenoxy) is 2. The van der Waals surface area contributed by atoms with E-state index in [0.29, 0.717) is 18.0 Å². The minimum absolute atomic E-state index is 0.0155. The summed E-state index contributed by atoms with van der Waals surface area (Å²) in [6.45, 7) is 2.71. The number of methoxy groups -OCH3 is 1. The first-order chi connectivity index (χ1) is 11.1. The Balaban J connectivity index is 2.50. The maximum atomic E-state index is 11.7. The zero-order valence-electron chi connectivity index (χ0n) is 13.4. The Morgan fingerprint density at radius 3 is 2.65 bits per heavy atom. The predicted molar refractivity (Wildman–Crippen MR) is 92.5 cm³/mol. The number of esters is 1. The van der Waals surface area contributed by atoms with Crippen molar-refractivity contribution < 1.29 is 19.1 Å². The van der Waals surface area contributed by atoms with E-state index in [2.05, 4.69) is 22.3 Å². The fourth-order valence-electron chi connectivity index (χ4n) is 1.68. The van der Waals surface area contributed by atoms with Crippen LogP contribution in [0.25, 0.3) is 0 Å². The average molecular weight is 338 g/mol. The average Bonchev–Trinajstić information content (AvgIpc) is 2.54. The highest BCUT2D eigenvalue weighted by Crippen LogP contribution is 2.23. The Labute approximate surface area is 141 Å². The highest BCUT2D eigenvalue weighted by molar-refractivity contribution is 7.80. The second kappa shape index (κ2) is 10.6. The smallest absolute Gasteiger partial charge is 0.306 e. The van der Waals surface area contributed by atoms with E-state index in [0.717, 1.165) is 12.8 Å². The Kier molecular flexibility index (Phi) is 8.67. The van der Waals surface area contributed by atoms with Gasteiger partial charge >= 0.3 is 5.97 Å². The van der Waals surface area contributed by atoms with Gasteiger partial charge in [0.05, 0.1) is 25.8 Å². The summed E-state index contributed by atoms with van der Waals surface area (Å²) in [7, 11) is 1.28. The van der Waals surface area contributed by atoms with Gasteiger partial charge in [-0.25, -0.2) is 0 Å². The molecule has 2 N–H and O–H groups in total. The van der Waals surface area contributed by atoms with Crippen LogP contribution in [0.4, 0.5) is 5.69 Å². The van der Waals surface area contributed by atoms with E-state index in [1.54, 1.807) is 0 Å². The second-order valence-corrected chi connectivity index (χ2v) is 5.18. The lowest BCUT2D eigenvalue weighted by Gasteiger charge is -2.14. The zero-order valence-corrected chi connectivity index (χ0v) is 14.2. The van der Waals surface area contributed by atoms with E-state index in [4.69, 9.17) is 17.0 Å². The maximum Gasteiger partial charge on any atom is 0.306 e. The molecule has 0 saturated heterocycles. The SMILES string of the molecule is CCCCOc1ccccc1NC(=S)NC(=O)CCC(=O)OC. The number of carbonyl (C=O) groups excluding carboxylic acids is 2. The summed E-state index contributed by atoms with van der Waals surface area (Å²) in [5, 5.41) is 5.61. The van der Waals surface area contributed by atoms with Gasteiger partial charge in [-0.05, 0) is 30.8 Å². The minimum atomic E-state index is -0.436. The number of rotatable bonds is 8. The second-order valence-electron chi connectivity index (χ2n) is 4.78. The van der Waals surface area contributed by atoms with Crippen molar-refractivity contribution in [3.63, 3.8) is 0 Å². The van der Waals surface area contributed by atoms with Crippen LogP contribution in [0.15, 0.2) is 24.3 Å². The molecule has 0 saturated carbocycles. The summed E-state index contributed by atoms with van der Waals surface area (Å²) in [5.74, 6) is -0.113. The van der Waals surface area contributed by atoms with Crippen molar-refractivity contribution >= 4 is 34.9 Å². The molecule has 0 aromatic heterocycles. The molecule has 0 bridgehead atoms. The number of carbonyl (C=O) groups is 2. The monoisotopic (exact) mass is 338 g/mol. The summed E-state index contributed by atoms with van der Waals surface area (Å²) >= 11 is 5.10. The van der Waals surface area contributed by atoms with Gasteiger partial charge in [0.1, 0.15) is 5.75 Å². The topological polar surface area (TPSA) is 76.7 Å². The maximum absolute atomic E-state index is 11.7. The van der Waals surface area contributed by atoms with Crippen LogP contribution in [0.5, 0.6) is 5.75 Å². The van der Waals surface area contributed by atoms with Gasteiger partial charge in [-0.2, -0.15) is 0 Å². The molecule has 1 amide bonds.